The summed E-state index contributed by atoms with van der Waals surface area (Å²) in [4.78, 5) is 16.0. The van der Waals surface area contributed by atoms with Gasteiger partial charge in [-0.3, -0.25) is 4.79 Å². The lowest BCUT2D eigenvalue weighted by Crippen LogP contribution is -2.27. The fraction of sp³-hybridized carbons (Fsp3) is 0.516. The molecule has 4 heterocycles. The number of rotatable bonds is 8. The number of primary amides is 1. The maximum absolute atomic E-state index is 11.1. The number of hydrogen-bond donors (Lipinski definition) is 1. The molecule has 3 aromatic rings. The van der Waals surface area contributed by atoms with E-state index in [1.807, 2.05) is 6.07 Å². The maximum Gasteiger partial charge on any atom is 0.222 e. The third-order valence-corrected chi connectivity index (χ3v) is 9.17. The largest absolute Gasteiger partial charge is 0.489 e. The highest BCUT2D eigenvalue weighted by atomic mass is 35.5. The standard InChI is InChI=1S/C18H26ClNO2.C13H14N2OS/c19-17-14-15(4-3-11-20-9-1-2-10-20)5-6-18(17)22-16-7-12-21-13-8-16;14-13(16)10-3-5-15(8-10)11-2-1-9-4-6-17-12(9)7-11/h5-6,14,16H,1-4,7-13H2;1-2,4,6-7,10H,3,5,8H2,(H2,14,16). The van der Waals surface area contributed by atoms with Gasteiger partial charge in [0.25, 0.3) is 0 Å². The summed E-state index contributed by atoms with van der Waals surface area (Å²) in [6, 6.07) is 14.8. The molecule has 6 nitrogen and oxygen atoms in total. The monoisotopic (exact) mass is 569 g/mol. The molecule has 2 aromatic carbocycles. The number of carbonyl (C=O) groups is 1. The summed E-state index contributed by atoms with van der Waals surface area (Å²) in [5.74, 6) is 0.649. The molecule has 6 rings (SSSR count). The number of halogens is 1. The van der Waals surface area contributed by atoms with Crippen LogP contribution in [-0.2, 0) is 16.0 Å². The van der Waals surface area contributed by atoms with Crippen LogP contribution in [0.5, 0.6) is 5.75 Å². The molecule has 0 saturated carbocycles. The number of aryl methyl sites for hydroxylation is 1. The normalized spacial score (nSPS) is 20.2. The summed E-state index contributed by atoms with van der Waals surface area (Å²) in [6.07, 6.45) is 8.05. The van der Waals surface area contributed by atoms with Gasteiger partial charge in [0.05, 0.1) is 24.2 Å². The van der Waals surface area contributed by atoms with Gasteiger partial charge in [-0.1, -0.05) is 23.7 Å². The van der Waals surface area contributed by atoms with E-state index in [4.69, 9.17) is 26.8 Å². The van der Waals surface area contributed by atoms with Gasteiger partial charge in [-0.05, 0) is 98.4 Å². The number of thiophene rings is 1. The van der Waals surface area contributed by atoms with E-state index in [0.29, 0.717) is 0 Å². The highest BCUT2D eigenvalue weighted by Gasteiger charge is 2.26. The van der Waals surface area contributed by atoms with Gasteiger partial charge < -0.3 is 25.0 Å². The Kier molecular flexibility index (Phi) is 10.0. The summed E-state index contributed by atoms with van der Waals surface area (Å²) < 4.78 is 12.7. The van der Waals surface area contributed by atoms with E-state index in [2.05, 4.69) is 51.6 Å². The number of nitrogens with zero attached hydrogens (tertiary/aromatic N) is 2. The highest BCUT2D eigenvalue weighted by Crippen LogP contribution is 2.30. The number of ether oxygens (including phenoxy) is 2. The van der Waals surface area contributed by atoms with Crippen LogP contribution < -0.4 is 15.4 Å². The molecular formula is C31H40ClN3O3S. The number of amides is 1. The second-order valence-corrected chi connectivity index (χ2v) is 12.2. The number of nitrogens with two attached hydrogens (primary N) is 1. The lowest BCUT2D eigenvalue weighted by atomic mass is 10.1. The van der Waals surface area contributed by atoms with Crippen molar-refractivity contribution in [2.24, 2.45) is 11.7 Å². The number of anilines is 1. The lowest BCUT2D eigenvalue weighted by molar-refractivity contribution is -0.121. The SMILES string of the molecule is Clc1cc(CCCN2CCCC2)ccc1OC1CCOCC1.NC(=O)C1CCN(c2ccc3ccsc3c2)C1. The summed E-state index contributed by atoms with van der Waals surface area (Å²) in [6.45, 7) is 7.01. The number of fused-ring (bicyclic) bond motifs is 1. The van der Waals surface area contributed by atoms with Crippen molar-refractivity contribution in [2.75, 3.05) is 50.8 Å². The first kappa shape index (κ1) is 28.2. The number of carbonyl (C=O) groups excluding carboxylic acids is 1. The van der Waals surface area contributed by atoms with E-state index in [1.54, 1.807) is 11.3 Å². The molecule has 1 amide bonds. The molecule has 1 aromatic heterocycles. The fourth-order valence-corrected chi connectivity index (χ4v) is 6.72. The predicted molar refractivity (Wildman–Crippen MR) is 161 cm³/mol. The predicted octanol–water partition coefficient (Wildman–Crippen LogP) is 6.14. The van der Waals surface area contributed by atoms with Crippen molar-refractivity contribution >= 4 is 44.6 Å². The maximum atomic E-state index is 11.1. The van der Waals surface area contributed by atoms with Gasteiger partial charge in [0, 0.05) is 36.3 Å². The van der Waals surface area contributed by atoms with Crippen molar-refractivity contribution in [3.05, 3.63) is 58.4 Å². The van der Waals surface area contributed by atoms with E-state index in [1.165, 1.54) is 60.2 Å². The van der Waals surface area contributed by atoms with Crippen LogP contribution in [-0.4, -0.2) is 62.8 Å². The average Bonchev–Trinajstić information content (AvgIpc) is 3.73. The number of likely N-dealkylation sites (tertiary alicyclic amines) is 1. The quantitative estimate of drug-likeness (QED) is 0.353. The van der Waals surface area contributed by atoms with Crippen LogP contribution >= 0.6 is 22.9 Å². The van der Waals surface area contributed by atoms with E-state index >= 15 is 0 Å². The summed E-state index contributed by atoms with van der Waals surface area (Å²) >= 11 is 8.14. The van der Waals surface area contributed by atoms with Crippen molar-refractivity contribution in [2.45, 2.75) is 51.0 Å². The van der Waals surface area contributed by atoms with Gasteiger partial charge in [-0.25, -0.2) is 0 Å². The molecule has 210 valence electrons. The summed E-state index contributed by atoms with van der Waals surface area (Å²) in [7, 11) is 0. The molecule has 0 bridgehead atoms. The zero-order valence-corrected chi connectivity index (χ0v) is 24.2. The third-order valence-electron chi connectivity index (χ3n) is 7.99. The van der Waals surface area contributed by atoms with Crippen LogP contribution in [0.1, 0.15) is 44.1 Å². The van der Waals surface area contributed by atoms with Crippen molar-refractivity contribution in [3.8, 4) is 5.75 Å². The molecule has 1 atom stereocenters. The van der Waals surface area contributed by atoms with E-state index in [0.717, 1.165) is 62.8 Å². The smallest absolute Gasteiger partial charge is 0.222 e. The Morgan fingerprint density at radius 2 is 1.87 bits per heavy atom. The molecule has 8 heteroatoms. The Bertz CT molecular complexity index is 1220. The van der Waals surface area contributed by atoms with E-state index < -0.39 is 0 Å². The first-order valence-electron chi connectivity index (χ1n) is 14.3. The van der Waals surface area contributed by atoms with Gasteiger partial charge in [-0.15, -0.1) is 11.3 Å². The third kappa shape index (κ3) is 7.88. The molecule has 39 heavy (non-hydrogen) atoms. The van der Waals surface area contributed by atoms with Crippen LogP contribution in [0, 0.1) is 5.92 Å². The van der Waals surface area contributed by atoms with Gasteiger partial charge in [0.1, 0.15) is 11.9 Å². The Balaban J connectivity index is 0.000000163. The van der Waals surface area contributed by atoms with Crippen molar-refractivity contribution < 1.29 is 14.3 Å². The van der Waals surface area contributed by atoms with Gasteiger partial charge in [0.15, 0.2) is 0 Å². The van der Waals surface area contributed by atoms with Crippen LogP contribution in [0.25, 0.3) is 10.1 Å². The van der Waals surface area contributed by atoms with Crippen LogP contribution in [0.15, 0.2) is 47.8 Å². The Morgan fingerprint density at radius 1 is 1.05 bits per heavy atom. The first-order valence-corrected chi connectivity index (χ1v) is 15.6. The van der Waals surface area contributed by atoms with Crippen molar-refractivity contribution in [1.82, 2.24) is 4.90 Å². The fourth-order valence-electron chi connectivity index (χ4n) is 5.65. The molecule has 0 radical (unpaired) electrons. The molecular weight excluding hydrogens is 530 g/mol. The van der Waals surface area contributed by atoms with E-state index in [9.17, 15) is 4.79 Å². The van der Waals surface area contributed by atoms with Crippen molar-refractivity contribution in [1.29, 1.82) is 0 Å². The van der Waals surface area contributed by atoms with Crippen LogP contribution in [0.4, 0.5) is 5.69 Å². The molecule has 3 aliphatic rings. The molecule has 1 unspecified atom stereocenters. The molecule has 3 fully saturated rings. The Hall–Kier alpha value is -2.32. The Morgan fingerprint density at radius 3 is 2.62 bits per heavy atom. The zero-order valence-electron chi connectivity index (χ0n) is 22.7. The van der Waals surface area contributed by atoms with Gasteiger partial charge in [-0.2, -0.15) is 0 Å². The molecule has 3 saturated heterocycles. The van der Waals surface area contributed by atoms with Gasteiger partial charge in [0.2, 0.25) is 5.91 Å². The zero-order chi connectivity index (χ0) is 27.0. The lowest BCUT2D eigenvalue weighted by Gasteiger charge is -2.24. The minimum atomic E-state index is -0.176. The highest BCUT2D eigenvalue weighted by molar-refractivity contribution is 7.17. The average molecular weight is 570 g/mol. The van der Waals surface area contributed by atoms with E-state index in [-0.39, 0.29) is 17.9 Å². The summed E-state index contributed by atoms with van der Waals surface area (Å²) in [5, 5.41) is 4.12. The van der Waals surface area contributed by atoms with Crippen molar-refractivity contribution in [3.63, 3.8) is 0 Å². The van der Waals surface area contributed by atoms with Gasteiger partial charge >= 0.3 is 0 Å². The number of benzene rings is 2. The Labute approximate surface area is 241 Å². The molecule has 3 aliphatic heterocycles. The topological polar surface area (TPSA) is 68.0 Å². The van der Waals surface area contributed by atoms with Crippen LogP contribution in [0.3, 0.4) is 0 Å². The minimum Gasteiger partial charge on any atom is -0.489 e. The second-order valence-electron chi connectivity index (χ2n) is 10.8. The van der Waals surface area contributed by atoms with Crippen LogP contribution in [0.2, 0.25) is 5.02 Å². The molecule has 2 N–H and O–H groups in total. The first-order chi connectivity index (χ1) is 19.0. The molecule has 0 spiro atoms. The number of hydrogen-bond acceptors (Lipinski definition) is 6. The minimum absolute atomic E-state index is 0.00836. The second kappa shape index (κ2) is 13.8. The molecule has 0 aliphatic carbocycles. The summed E-state index contributed by atoms with van der Waals surface area (Å²) in [5.41, 5.74) is 7.86.